The van der Waals surface area contributed by atoms with Crippen molar-refractivity contribution in [1.82, 2.24) is 15.1 Å². The third-order valence-electron chi connectivity index (χ3n) is 5.08. The predicted octanol–water partition coefficient (Wildman–Crippen LogP) is 1.19. The van der Waals surface area contributed by atoms with Crippen molar-refractivity contribution >= 4 is 11.9 Å². The number of carbonyl (C=O) groups is 2. The molecule has 4 aliphatic rings. The van der Waals surface area contributed by atoms with Crippen LogP contribution in [0.3, 0.4) is 0 Å². The SMILES string of the molecule is O=C(NC(C1CC1)C1CC1)N1CCN(C2CC2)C(=O)C1. The van der Waals surface area contributed by atoms with Gasteiger partial charge in [0.05, 0.1) is 0 Å². The Labute approximate surface area is 119 Å². The van der Waals surface area contributed by atoms with Crippen molar-refractivity contribution < 1.29 is 9.59 Å². The van der Waals surface area contributed by atoms with Crippen molar-refractivity contribution in [1.29, 1.82) is 0 Å². The molecular formula is C15H23N3O2. The molecule has 3 saturated carbocycles. The highest BCUT2D eigenvalue weighted by Crippen LogP contribution is 2.44. The van der Waals surface area contributed by atoms with Gasteiger partial charge >= 0.3 is 6.03 Å². The summed E-state index contributed by atoms with van der Waals surface area (Å²) in [4.78, 5) is 28.1. The second-order valence-electron chi connectivity index (χ2n) is 6.89. The van der Waals surface area contributed by atoms with Crippen LogP contribution in [0.4, 0.5) is 4.79 Å². The van der Waals surface area contributed by atoms with Crippen LogP contribution >= 0.6 is 0 Å². The number of piperazine rings is 1. The van der Waals surface area contributed by atoms with E-state index in [0.717, 1.165) is 12.8 Å². The lowest BCUT2D eigenvalue weighted by Gasteiger charge is -2.35. The number of nitrogens with one attached hydrogen (secondary N) is 1. The third kappa shape index (κ3) is 2.50. The van der Waals surface area contributed by atoms with Gasteiger partial charge < -0.3 is 15.1 Å². The lowest BCUT2D eigenvalue weighted by molar-refractivity contribution is -0.135. The monoisotopic (exact) mass is 277 g/mol. The molecule has 1 heterocycles. The quantitative estimate of drug-likeness (QED) is 0.839. The van der Waals surface area contributed by atoms with Crippen molar-refractivity contribution in [2.75, 3.05) is 19.6 Å². The van der Waals surface area contributed by atoms with Crippen molar-refractivity contribution in [3.8, 4) is 0 Å². The van der Waals surface area contributed by atoms with Gasteiger partial charge in [0, 0.05) is 25.2 Å². The first kappa shape index (κ1) is 12.5. The summed E-state index contributed by atoms with van der Waals surface area (Å²) in [6.45, 7) is 1.68. The molecule has 0 bridgehead atoms. The summed E-state index contributed by atoms with van der Waals surface area (Å²) in [5.74, 6) is 1.54. The van der Waals surface area contributed by atoms with E-state index in [9.17, 15) is 9.59 Å². The Morgan fingerprint density at radius 2 is 1.70 bits per heavy atom. The van der Waals surface area contributed by atoms with Crippen LogP contribution < -0.4 is 5.32 Å². The van der Waals surface area contributed by atoms with Crippen LogP contribution in [0.5, 0.6) is 0 Å². The van der Waals surface area contributed by atoms with Crippen molar-refractivity contribution in [2.24, 2.45) is 11.8 Å². The van der Waals surface area contributed by atoms with E-state index in [1.165, 1.54) is 25.7 Å². The molecule has 5 heteroatoms. The molecule has 1 aliphatic heterocycles. The van der Waals surface area contributed by atoms with E-state index in [2.05, 4.69) is 5.32 Å². The highest BCUT2D eigenvalue weighted by Gasteiger charge is 2.43. The van der Waals surface area contributed by atoms with E-state index in [1.54, 1.807) is 4.90 Å². The van der Waals surface area contributed by atoms with E-state index in [1.807, 2.05) is 4.90 Å². The minimum Gasteiger partial charge on any atom is -0.336 e. The molecule has 1 saturated heterocycles. The summed E-state index contributed by atoms with van der Waals surface area (Å²) in [6, 6.07) is 0.829. The molecule has 0 unspecified atom stereocenters. The van der Waals surface area contributed by atoms with Crippen LogP contribution in [-0.4, -0.2) is 53.5 Å². The maximum absolute atomic E-state index is 12.4. The molecule has 0 aromatic carbocycles. The Kier molecular flexibility index (Phi) is 2.89. The highest BCUT2D eigenvalue weighted by atomic mass is 16.2. The van der Waals surface area contributed by atoms with Gasteiger partial charge in [-0.3, -0.25) is 4.79 Å². The second-order valence-corrected chi connectivity index (χ2v) is 6.89. The van der Waals surface area contributed by atoms with Crippen LogP contribution in [0.25, 0.3) is 0 Å². The van der Waals surface area contributed by atoms with E-state index >= 15 is 0 Å². The van der Waals surface area contributed by atoms with Crippen LogP contribution in [0.15, 0.2) is 0 Å². The standard InChI is InChI=1S/C15H23N3O2/c19-13-9-17(7-8-18(13)12-5-6-12)15(20)16-14(10-1-2-10)11-3-4-11/h10-12,14H,1-9H2,(H,16,20). The minimum atomic E-state index is -0.0161. The Balaban J connectivity index is 1.33. The van der Waals surface area contributed by atoms with Crippen LogP contribution in [-0.2, 0) is 4.79 Å². The second kappa shape index (κ2) is 4.64. The molecule has 20 heavy (non-hydrogen) atoms. The molecular weight excluding hydrogens is 254 g/mol. The fraction of sp³-hybridized carbons (Fsp3) is 0.867. The molecule has 4 fully saturated rings. The summed E-state index contributed by atoms with van der Waals surface area (Å²) in [5, 5.41) is 3.21. The number of hydrogen-bond acceptors (Lipinski definition) is 2. The van der Waals surface area contributed by atoms with E-state index < -0.39 is 0 Å². The largest absolute Gasteiger partial charge is 0.336 e. The van der Waals surface area contributed by atoms with Crippen molar-refractivity contribution in [3.63, 3.8) is 0 Å². The van der Waals surface area contributed by atoms with Gasteiger partial charge in [-0.05, 0) is 50.4 Å². The van der Waals surface area contributed by atoms with E-state index in [-0.39, 0.29) is 18.5 Å². The van der Waals surface area contributed by atoms with E-state index in [0.29, 0.717) is 37.0 Å². The van der Waals surface area contributed by atoms with Gasteiger partial charge in [0.15, 0.2) is 0 Å². The smallest absolute Gasteiger partial charge is 0.318 e. The van der Waals surface area contributed by atoms with Crippen LogP contribution in [0, 0.1) is 11.8 Å². The number of urea groups is 1. The first-order valence-electron chi connectivity index (χ1n) is 8.07. The topological polar surface area (TPSA) is 52.7 Å². The summed E-state index contributed by atoms with van der Waals surface area (Å²) < 4.78 is 0. The molecule has 110 valence electrons. The fourth-order valence-electron chi connectivity index (χ4n) is 3.40. The Morgan fingerprint density at radius 3 is 2.20 bits per heavy atom. The van der Waals surface area contributed by atoms with Crippen molar-refractivity contribution in [3.05, 3.63) is 0 Å². The van der Waals surface area contributed by atoms with Crippen molar-refractivity contribution in [2.45, 2.75) is 50.6 Å². The van der Waals surface area contributed by atoms with Crippen LogP contribution in [0.1, 0.15) is 38.5 Å². The normalized spacial score (nSPS) is 27.1. The van der Waals surface area contributed by atoms with Crippen LogP contribution in [0.2, 0.25) is 0 Å². The maximum Gasteiger partial charge on any atom is 0.318 e. The minimum absolute atomic E-state index is 0.0161. The summed E-state index contributed by atoms with van der Waals surface area (Å²) >= 11 is 0. The van der Waals surface area contributed by atoms with Gasteiger partial charge in [-0.25, -0.2) is 4.79 Å². The highest BCUT2D eigenvalue weighted by molar-refractivity contribution is 5.85. The van der Waals surface area contributed by atoms with Gasteiger partial charge in [-0.15, -0.1) is 0 Å². The van der Waals surface area contributed by atoms with Gasteiger partial charge in [0.25, 0.3) is 0 Å². The molecule has 0 radical (unpaired) electrons. The lowest BCUT2D eigenvalue weighted by atomic mass is 10.1. The van der Waals surface area contributed by atoms with Gasteiger partial charge in [0.1, 0.15) is 6.54 Å². The maximum atomic E-state index is 12.4. The summed E-state index contributed by atoms with van der Waals surface area (Å²) in [7, 11) is 0. The lowest BCUT2D eigenvalue weighted by Crippen LogP contribution is -2.56. The molecule has 1 N–H and O–H groups in total. The number of nitrogens with zero attached hydrogens (tertiary/aromatic N) is 2. The molecule has 4 rings (SSSR count). The number of hydrogen-bond donors (Lipinski definition) is 1. The van der Waals surface area contributed by atoms with Gasteiger partial charge in [-0.2, -0.15) is 0 Å². The molecule has 0 atom stereocenters. The zero-order valence-electron chi connectivity index (χ0n) is 11.9. The first-order valence-corrected chi connectivity index (χ1v) is 8.07. The predicted molar refractivity (Wildman–Crippen MR) is 74.1 cm³/mol. The Bertz CT molecular complexity index is 415. The Hall–Kier alpha value is -1.26. The first-order chi connectivity index (χ1) is 9.72. The number of amides is 3. The van der Waals surface area contributed by atoms with E-state index in [4.69, 9.17) is 0 Å². The van der Waals surface area contributed by atoms with Gasteiger partial charge in [-0.1, -0.05) is 0 Å². The molecule has 0 aromatic rings. The van der Waals surface area contributed by atoms with Gasteiger partial charge in [0.2, 0.25) is 5.91 Å². The molecule has 0 spiro atoms. The molecule has 3 aliphatic carbocycles. The Morgan fingerprint density at radius 1 is 1.05 bits per heavy atom. The number of carbonyl (C=O) groups excluding carboxylic acids is 2. The zero-order chi connectivity index (χ0) is 13.7. The third-order valence-corrected chi connectivity index (χ3v) is 5.08. The molecule has 5 nitrogen and oxygen atoms in total. The average Bonchev–Trinajstić information content (AvgIpc) is 3.29. The zero-order valence-corrected chi connectivity index (χ0v) is 11.9. The average molecular weight is 277 g/mol. The fourth-order valence-corrected chi connectivity index (χ4v) is 3.40. The molecule has 0 aromatic heterocycles. The summed E-state index contributed by atoms with van der Waals surface area (Å²) in [6.07, 6.45) is 7.32. The number of rotatable bonds is 4. The summed E-state index contributed by atoms with van der Waals surface area (Å²) in [5.41, 5.74) is 0. The molecule has 3 amide bonds.